The number of hydrogen-bond donors (Lipinski definition) is 0. The fourth-order valence-electron chi connectivity index (χ4n) is 1.54. The van der Waals surface area contributed by atoms with Gasteiger partial charge in [0, 0.05) is 12.3 Å². The van der Waals surface area contributed by atoms with Crippen molar-refractivity contribution in [3.8, 4) is 17.0 Å². The van der Waals surface area contributed by atoms with Gasteiger partial charge in [-0.2, -0.15) is 5.10 Å². The second-order valence-corrected chi connectivity index (χ2v) is 3.39. The number of nitrogens with zero attached hydrogens (tertiary/aromatic N) is 3. The van der Waals surface area contributed by atoms with Crippen molar-refractivity contribution in [3.05, 3.63) is 55.0 Å². The Balaban J connectivity index is 2.00. The van der Waals surface area contributed by atoms with E-state index >= 15 is 0 Å². The standard InChI is InChI=1S/C12H9N3O/c1-2-4-11(5-3-1)15-9-10(8-13-15)12-6-7-14-16-12/h1-9H. The number of rotatable bonds is 2. The molecule has 4 heteroatoms. The van der Waals surface area contributed by atoms with Gasteiger partial charge in [-0.25, -0.2) is 4.68 Å². The van der Waals surface area contributed by atoms with Gasteiger partial charge in [-0.15, -0.1) is 0 Å². The van der Waals surface area contributed by atoms with E-state index in [4.69, 9.17) is 4.52 Å². The monoisotopic (exact) mass is 211 g/mol. The second-order valence-electron chi connectivity index (χ2n) is 3.39. The minimum atomic E-state index is 0.724. The van der Waals surface area contributed by atoms with E-state index in [1.165, 1.54) is 0 Å². The van der Waals surface area contributed by atoms with Gasteiger partial charge in [-0.1, -0.05) is 23.4 Å². The van der Waals surface area contributed by atoms with E-state index in [0.29, 0.717) is 0 Å². The highest BCUT2D eigenvalue weighted by Crippen LogP contribution is 2.18. The van der Waals surface area contributed by atoms with Crippen LogP contribution in [0.2, 0.25) is 0 Å². The lowest BCUT2D eigenvalue weighted by molar-refractivity contribution is 0.432. The average molecular weight is 211 g/mol. The Morgan fingerprint density at radius 2 is 1.94 bits per heavy atom. The van der Waals surface area contributed by atoms with Crippen molar-refractivity contribution in [2.45, 2.75) is 0 Å². The fraction of sp³-hybridized carbons (Fsp3) is 0. The number of benzene rings is 1. The van der Waals surface area contributed by atoms with Gasteiger partial charge in [0.1, 0.15) is 0 Å². The predicted molar refractivity (Wildman–Crippen MR) is 59.1 cm³/mol. The molecule has 4 nitrogen and oxygen atoms in total. The first-order chi connectivity index (χ1) is 7.93. The largest absolute Gasteiger partial charge is 0.356 e. The maximum absolute atomic E-state index is 5.07. The zero-order chi connectivity index (χ0) is 10.8. The molecule has 0 saturated carbocycles. The van der Waals surface area contributed by atoms with Crippen LogP contribution in [-0.2, 0) is 0 Å². The molecule has 2 heterocycles. The summed E-state index contributed by atoms with van der Waals surface area (Å²) in [4.78, 5) is 0. The molecule has 2 aromatic heterocycles. The molecule has 78 valence electrons. The van der Waals surface area contributed by atoms with E-state index in [9.17, 15) is 0 Å². The van der Waals surface area contributed by atoms with Crippen molar-refractivity contribution in [2.75, 3.05) is 0 Å². The minimum absolute atomic E-state index is 0.724. The Morgan fingerprint density at radius 1 is 1.06 bits per heavy atom. The molecule has 0 saturated heterocycles. The van der Waals surface area contributed by atoms with Gasteiger partial charge in [0.25, 0.3) is 0 Å². The molecule has 0 aliphatic heterocycles. The van der Waals surface area contributed by atoms with Crippen molar-refractivity contribution in [2.24, 2.45) is 0 Å². The third kappa shape index (κ3) is 1.50. The van der Waals surface area contributed by atoms with Crippen molar-refractivity contribution in [3.63, 3.8) is 0 Å². The first-order valence-corrected chi connectivity index (χ1v) is 4.94. The first kappa shape index (κ1) is 8.91. The highest BCUT2D eigenvalue weighted by atomic mass is 16.5. The van der Waals surface area contributed by atoms with Gasteiger partial charge >= 0.3 is 0 Å². The average Bonchev–Trinajstić information content (AvgIpc) is 3.01. The van der Waals surface area contributed by atoms with E-state index in [1.54, 1.807) is 17.1 Å². The molecular formula is C12H9N3O. The van der Waals surface area contributed by atoms with Crippen LogP contribution in [-0.4, -0.2) is 14.9 Å². The van der Waals surface area contributed by atoms with E-state index in [0.717, 1.165) is 17.0 Å². The maximum Gasteiger partial charge on any atom is 0.169 e. The summed E-state index contributed by atoms with van der Waals surface area (Å²) in [6, 6.07) is 11.7. The molecule has 0 radical (unpaired) electrons. The lowest BCUT2D eigenvalue weighted by Crippen LogP contribution is -1.92. The maximum atomic E-state index is 5.07. The predicted octanol–water partition coefficient (Wildman–Crippen LogP) is 2.53. The van der Waals surface area contributed by atoms with Gasteiger partial charge in [-0.3, -0.25) is 0 Å². The lowest BCUT2D eigenvalue weighted by Gasteiger charge is -1.98. The summed E-state index contributed by atoms with van der Waals surface area (Å²) in [5.74, 6) is 0.724. The highest BCUT2D eigenvalue weighted by molar-refractivity contribution is 5.54. The van der Waals surface area contributed by atoms with E-state index < -0.39 is 0 Å². The molecule has 0 unspecified atom stereocenters. The van der Waals surface area contributed by atoms with E-state index in [-0.39, 0.29) is 0 Å². The van der Waals surface area contributed by atoms with E-state index in [2.05, 4.69) is 10.3 Å². The molecule has 3 rings (SSSR count). The van der Waals surface area contributed by atoms with Gasteiger partial charge in [0.15, 0.2) is 5.76 Å². The number of para-hydroxylation sites is 1. The van der Waals surface area contributed by atoms with Gasteiger partial charge < -0.3 is 4.52 Å². The topological polar surface area (TPSA) is 43.9 Å². The normalized spacial score (nSPS) is 10.5. The molecule has 0 bridgehead atoms. The molecule has 1 aromatic carbocycles. The van der Waals surface area contributed by atoms with Crippen LogP contribution in [0.1, 0.15) is 0 Å². The summed E-state index contributed by atoms with van der Waals surface area (Å²) in [6.45, 7) is 0. The molecule has 16 heavy (non-hydrogen) atoms. The summed E-state index contributed by atoms with van der Waals surface area (Å²) >= 11 is 0. The third-order valence-corrected chi connectivity index (χ3v) is 2.33. The molecule has 0 aliphatic rings. The summed E-state index contributed by atoms with van der Waals surface area (Å²) in [5.41, 5.74) is 1.94. The minimum Gasteiger partial charge on any atom is -0.356 e. The summed E-state index contributed by atoms with van der Waals surface area (Å²) in [7, 11) is 0. The van der Waals surface area contributed by atoms with Crippen molar-refractivity contribution in [1.82, 2.24) is 14.9 Å². The molecule has 0 spiro atoms. The Bertz CT molecular complexity index is 569. The Kier molecular flexibility index (Phi) is 2.04. The van der Waals surface area contributed by atoms with Crippen molar-refractivity contribution >= 4 is 0 Å². The zero-order valence-corrected chi connectivity index (χ0v) is 8.45. The Hall–Kier alpha value is -2.36. The van der Waals surface area contributed by atoms with Crippen molar-refractivity contribution in [1.29, 1.82) is 0 Å². The van der Waals surface area contributed by atoms with Crippen LogP contribution in [0.3, 0.4) is 0 Å². The molecule has 0 amide bonds. The van der Waals surface area contributed by atoms with E-state index in [1.807, 2.05) is 42.6 Å². The molecule has 0 fully saturated rings. The lowest BCUT2D eigenvalue weighted by atomic mass is 10.3. The summed E-state index contributed by atoms with van der Waals surface area (Å²) < 4.78 is 6.87. The van der Waals surface area contributed by atoms with Crippen LogP contribution in [0, 0.1) is 0 Å². The molecule has 3 aromatic rings. The molecule has 0 atom stereocenters. The highest BCUT2D eigenvalue weighted by Gasteiger charge is 2.05. The molecule has 0 aliphatic carbocycles. The van der Waals surface area contributed by atoms with Crippen LogP contribution in [0.5, 0.6) is 0 Å². The Morgan fingerprint density at radius 3 is 2.69 bits per heavy atom. The molecule has 0 N–H and O–H groups in total. The number of aromatic nitrogens is 3. The second kappa shape index (κ2) is 3.66. The van der Waals surface area contributed by atoms with Crippen molar-refractivity contribution < 1.29 is 4.52 Å². The van der Waals surface area contributed by atoms with Gasteiger partial charge in [0.2, 0.25) is 0 Å². The van der Waals surface area contributed by atoms with Crippen LogP contribution in [0.25, 0.3) is 17.0 Å². The first-order valence-electron chi connectivity index (χ1n) is 4.94. The summed E-state index contributed by atoms with van der Waals surface area (Å²) in [5, 5.41) is 7.94. The SMILES string of the molecule is c1ccc(-n2cc(-c3ccno3)cn2)cc1. The fourth-order valence-corrected chi connectivity index (χ4v) is 1.54. The quantitative estimate of drug-likeness (QED) is 0.654. The van der Waals surface area contributed by atoms with Crippen LogP contribution in [0.15, 0.2) is 59.5 Å². The Labute approximate surface area is 92.1 Å². The number of hydrogen-bond acceptors (Lipinski definition) is 3. The van der Waals surface area contributed by atoms with Crippen LogP contribution >= 0.6 is 0 Å². The molecular weight excluding hydrogens is 202 g/mol. The smallest absolute Gasteiger partial charge is 0.169 e. The zero-order valence-electron chi connectivity index (χ0n) is 8.45. The van der Waals surface area contributed by atoms with Crippen LogP contribution < -0.4 is 0 Å². The van der Waals surface area contributed by atoms with Crippen LogP contribution in [0.4, 0.5) is 0 Å². The van der Waals surface area contributed by atoms with Gasteiger partial charge in [-0.05, 0) is 12.1 Å². The summed E-state index contributed by atoms with van der Waals surface area (Å²) in [6.07, 6.45) is 5.29. The third-order valence-electron chi connectivity index (χ3n) is 2.33. The van der Waals surface area contributed by atoms with Gasteiger partial charge in [0.05, 0.1) is 23.6 Å².